The Labute approximate surface area is 152 Å². The normalized spacial score (nSPS) is 11.3. The highest BCUT2D eigenvalue weighted by atomic mass is 32.2. The standard InChI is InChI=1S/C18H21FN2O4S/c1-13(2)25-15-10-8-14(9-11-15)21(26(3,23)24)12-18(22)20-17-7-5-4-6-16(17)19/h4-11,13H,12H2,1-3H3,(H,20,22). The van der Waals surface area contributed by atoms with Gasteiger partial charge >= 0.3 is 0 Å². The van der Waals surface area contributed by atoms with Crippen molar-refractivity contribution < 1.29 is 22.3 Å². The van der Waals surface area contributed by atoms with Gasteiger partial charge in [0.25, 0.3) is 0 Å². The molecule has 0 unspecified atom stereocenters. The Morgan fingerprint density at radius 3 is 2.31 bits per heavy atom. The smallest absolute Gasteiger partial charge is 0.245 e. The van der Waals surface area contributed by atoms with Gasteiger partial charge in [0, 0.05) is 0 Å². The van der Waals surface area contributed by atoms with Crippen LogP contribution in [-0.2, 0) is 14.8 Å². The molecule has 140 valence electrons. The van der Waals surface area contributed by atoms with E-state index in [1.807, 2.05) is 13.8 Å². The molecule has 1 amide bonds. The Morgan fingerprint density at radius 1 is 1.15 bits per heavy atom. The summed E-state index contributed by atoms with van der Waals surface area (Å²) in [5.74, 6) is -0.655. The molecule has 8 heteroatoms. The molecule has 0 atom stereocenters. The van der Waals surface area contributed by atoms with E-state index in [0.717, 1.165) is 10.6 Å². The number of sulfonamides is 1. The van der Waals surface area contributed by atoms with Gasteiger partial charge < -0.3 is 10.1 Å². The fraction of sp³-hybridized carbons (Fsp3) is 0.278. The number of carbonyl (C=O) groups is 1. The maximum absolute atomic E-state index is 13.6. The van der Waals surface area contributed by atoms with Crippen molar-refractivity contribution in [3.63, 3.8) is 0 Å². The van der Waals surface area contributed by atoms with Gasteiger partial charge in [0.05, 0.1) is 23.7 Å². The van der Waals surface area contributed by atoms with E-state index in [4.69, 9.17) is 4.74 Å². The molecule has 0 saturated carbocycles. The zero-order chi connectivity index (χ0) is 19.3. The lowest BCUT2D eigenvalue weighted by atomic mass is 10.3. The van der Waals surface area contributed by atoms with E-state index in [-0.39, 0.29) is 11.8 Å². The number of amides is 1. The van der Waals surface area contributed by atoms with Crippen LogP contribution in [-0.4, -0.2) is 33.2 Å². The number of nitrogens with zero attached hydrogens (tertiary/aromatic N) is 1. The highest BCUT2D eigenvalue weighted by Gasteiger charge is 2.21. The predicted octanol–water partition coefficient (Wildman–Crippen LogP) is 3.02. The molecule has 2 aromatic rings. The molecule has 2 aromatic carbocycles. The number of anilines is 2. The zero-order valence-corrected chi connectivity index (χ0v) is 15.6. The third kappa shape index (κ3) is 5.45. The number of halogens is 1. The highest BCUT2D eigenvalue weighted by Crippen LogP contribution is 2.22. The second-order valence-corrected chi connectivity index (χ2v) is 7.86. The molecule has 0 aromatic heterocycles. The molecule has 0 bridgehead atoms. The van der Waals surface area contributed by atoms with Crippen LogP contribution < -0.4 is 14.4 Å². The van der Waals surface area contributed by atoms with E-state index in [1.54, 1.807) is 30.3 Å². The molecule has 1 N–H and O–H groups in total. The van der Waals surface area contributed by atoms with Crippen molar-refractivity contribution in [2.45, 2.75) is 20.0 Å². The number of hydrogen-bond acceptors (Lipinski definition) is 4. The summed E-state index contributed by atoms with van der Waals surface area (Å²) in [7, 11) is -3.71. The number of hydrogen-bond donors (Lipinski definition) is 1. The molecule has 0 saturated heterocycles. The van der Waals surface area contributed by atoms with Crippen molar-refractivity contribution >= 4 is 27.3 Å². The van der Waals surface area contributed by atoms with Gasteiger partial charge in [0.2, 0.25) is 15.9 Å². The Hall–Kier alpha value is -2.61. The fourth-order valence-corrected chi connectivity index (χ4v) is 3.10. The molecule has 0 heterocycles. The Kier molecular flexibility index (Phi) is 6.20. The van der Waals surface area contributed by atoms with Gasteiger partial charge in [-0.15, -0.1) is 0 Å². The Balaban J connectivity index is 2.18. The predicted molar refractivity (Wildman–Crippen MR) is 99.4 cm³/mol. The molecule has 0 fully saturated rings. The third-order valence-electron chi connectivity index (χ3n) is 3.33. The molecule has 6 nitrogen and oxygen atoms in total. The molecule has 0 aliphatic carbocycles. The van der Waals surface area contributed by atoms with Crippen LogP contribution >= 0.6 is 0 Å². The number of benzene rings is 2. The first kappa shape index (κ1) is 19.7. The first-order chi connectivity index (χ1) is 12.2. The first-order valence-corrected chi connectivity index (χ1v) is 9.80. The van der Waals surface area contributed by atoms with Gasteiger partial charge in [-0.05, 0) is 50.2 Å². The minimum absolute atomic E-state index is 0.00775. The van der Waals surface area contributed by atoms with E-state index >= 15 is 0 Å². The van der Waals surface area contributed by atoms with Crippen molar-refractivity contribution in [2.24, 2.45) is 0 Å². The van der Waals surface area contributed by atoms with Crippen LogP contribution in [0, 0.1) is 5.82 Å². The summed E-state index contributed by atoms with van der Waals surface area (Å²) in [5.41, 5.74) is 0.305. The first-order valence-electron chi connectivity index (χ1n) is 7.95. The van der Waals surface area contributed by atoms with Crippen LogP contribution in [0.25, 0.3) is 0 Å². The monoisotopic (exact) mass is 380 g/mol. The van der Waals surface area contributed by atoms with E-state index < -0.39 is 28.3 Å². The number of rotatable bonds is 7. The van der Waals surface area contributed by atoms with Gasteiger partial charge in [-0.2, -0.15) is 0 Å². The van der Waals surface area contributed by atoms with Crippen molar-refractivity contribution in [1.29, 1.82) is 0 Å². The lowest BCUT2D eigenvalue weighted by Crippen LogP contribution is -2.37. The Morgan fingerprint density at radius 2 is 1.77 bits per heavy atom. The molecule has 26 heavy (non-hydrogen) atoms. The average Bonchev–Trinajstić information content (AvgIpc) is 2.54. The lowest BCUT2D eigenvalue weighted by Gasteiger charge is -2.22. The van der Waals surface area contributed by atoms with E-state index in [2.05, 4.69) is 5.32 Å². The summed E-state index contributed by atoms with van der Waals surface area (Å²) in [6.07, 6.45) is 0.987. The summed E-state index contributed by atoms with van der Waals surface area (Å²) >= 11 is 0. The average molecular weight is 380 g/mol. The van der Waals surface area contributed by atoms with Crippen LogP contribution in [0.4, 0.5) is 15.8 Å². The van der Waals surface area contributed by atoms with E-state index in [9.17, 15) is 17.6 Å². The molecular formula is C18H21FN2O4S. The number of para-hydroxylation sites is 1. The van der Waals surface area contributed by atoms with Gasteiger partial charge in [-0.25, -0.2) is 12.8 Å². The second kappa shape index (κ2) is 8.18. The number of carbonyl (C=O) groups excluding carboxylic acids is 1. The second-order valence-electron chi connectivity index (χ2n) is 5.96. The Bertz CT molecular complexity index is 867. The molecule has 0 radical (unpaired) electrons. The summed E-state index contributed by atoms with van der Waals surface area (Å²) in [5, 5.41) is 2.38. The largest absolute Gasteiger partial charge is 0.491 e. The summed E-state index contributed by atoms with van der Waals surface area (Å²) in [4.78, 5) is 12.2. The molecule has 0 aliphatic rings. The van der Waals surface area contributed by atoms with Gasteiger partial charge in [-0.3, -0.25) is 9.10 Å². The van der Waals surface area contributed by atoms with Crippen molar-refractivity contribution in [3.05, 3.63) is 54.3 Å². The topological polar surface area (TPSA) is 75.7 Å². The van der Waals surface area contributed by atoms with Crippen LogP contribution in [0.5, 0.6) is 5.75 Å². The maximum Gasteiger partial charge on any atom is 0.245 e. The third-order valence-corrected chi connectivity index (χ3v) is 4.47. The minimum atomic E-state index is -3.71. The number of ether oxygens (including phenoxy) is 1. The van der Waals surface area contributed by atoms with E-state index in [1.165, 1.54) is 18.2 Å². The molecular weight excluding hydrogens is 359 g/mol. The van der Waals surface area contributed by atoms with Gasteiger partial charge in [0.15, 0.2) is 0 Å². The van der Waals surface area contributed by atoms with Crippen molar-refractivity contribution in [3.8, 4) is 5.75 Å². The van der Waals surface area contributed by atoms with Crippen molar-refractivity contribution in [2.75, 3.05) is 22.4 Å². The van der Waals surface area contributed by atoms with Gasteiger partial charge in [0.1, 0.15) is 18.1 Å². The molecule has 2 rings (SSSR count). The summed E-state index contributed by atoms with van der Waals surface area (Å²) in [6, 6.07) is 12.0. The van der Waals surface area contributed by atoms with Crippen LogP contribution in [0.2, 0.25) is 0 Å². The quantitative estimate of drug-likeness (QED) is 0.801. The molecule has 0 aliphatic heterocycles. The van der Waals surface area contributed by atoms with Crippen LogP contribution in [0.15, 0.2) is 48.5 Å². The van der Waals surface area contributed by atoms with Crippen LogP contribution in [0.1, 0.15) is 13.8 Å². The lowest BCUT2D eigenvalue weighted by molar-refractivity contribution is -0.114. The van der Waals surface area contributed by atoms with Crippen LogP contribution in [0.3, 0.4) is 0 Å². The SMILES string of the molecule is CC(C)Oc1ccc(N(CC(=O)Nc2ccccc2F)S(C)(=O)=O)cc1. The van der Waals surface area contributed by atoms with E-state index in [0.29, 0.717) is 11.4 Å². The fourth-order valence-electron chi connectivity index (χ4n) is 2.25. The van der Waals surface area contributed by atoms with Crippen molar-refractivity contribution in [1.82, 2.24) is 0 Å². The number of nitrogens with one attached hydrogen (secondary N) is 1. The van der Waals surface area contributed by atoms with Gasteiger partial charge in [-0.1, -0.05) is 12.1 Å². The maximum atomic E-state index is 13.6. The zero-order valence-electron chi connectivity index (χ0n) is 14.8. The molecule has 0 spiro atoms. The highest BCUT2D eigenvalue weighted by molar-refractivity contribution is 7.92. The summed E-state index contributed by atoms with van der Waals surface area (Å²) < 4.78 is 44.3. The summed E-state index contributed by atoms with van der Waals surface area (Å²) in [6.45, 7) is 3.28. The minimum Gasteiger partial charge on any atom is -0.491 e.